The molecule has 0 heterocycles. The molecule has 0 saturated carbocycles. The van der Waals surface area contributed by atoms with E-state index in [0.717, 1.165) is 33.4 Å². The molecule has 0 aromatic heterocycles. The summed E-state index contributed by atoms with van der Waals surface area (Å²) < 4.78 is 0. The van der Waals surface area contributed by atoms with Crippen molar-refractivity contribution in [2.75, 3.05) is 0 Å². The van der Waals surface area contributed by atoms with Gasteiger partial charge in [-0.2, -0.15) is 0 Å². The number of aliphatic hydroxyl groups excluding tert-OH is 1. The average molecular weight is 612 g/mol. The molecule has 4 N–H and O–H groups in total. The van der Waals surface area contributed by atoms with Gasteiger partial charge >= 0.3 is 0 Å². The van der Waals surface area contributed by atoms with Crippen molar-refractivity contribution in [1.29, 1.82) is 0 Å². The minimum Gasteiger partial charge on any atom is -0.507 e. The summed E-state index contributed by atoms with van der Waals surface area (Å²) in [5.74, 6) is 0.918. The van der Waals surface area contributed by atoms with E-state index in [0.29, 0.717) is 36.9 Å². The Kier molecular flexibility index (Phi) is 13.4. The number of para-hydroxylation sites is 3. The van der Waals surface area contributed by atoms with Gasteiger partial charge in [0.2, 0.25) is 0 Å². The van der Waals surface area contributed by atoms with Gasteiger partial charge in [-0.05, 0) is 46.8 Å². The third-order valence-corrected chi connectivity index (χ3v) is 6.96. The zero-order valence-electron chi connectivity index (χ0n) is 27.6. The van der Waals surface area contributed by atoms with Crippen LogP contribution >= 0.6 is 0 Å². The predicted molar refractivity (Wildman–Crippen MR) is 171 cm³/mol. The molecule has 0 fully saturated rings. The van der Waals surface area contributed by atoms with Crippen LogP contribution in [0, 0.1) is 0 Å². The van der Waals surface area contributed by atoms with Gasteiger partial charge in [-0.25, -0.2) is 0 Å². The molecule has 5 nitrogen and oxygen atoms in total. The van der Waals surface area contributed by atoms with Gasteiger partial charge in [0.05, 0.1) is 0 Å². The van der Waals surface area contributed by atoms with Gasteiger partial charge in [0.15, 0.2) is 0 Å². The number of benzene rings is 3. The maximum absolute atomic E-state index is 11.2. The van der Waals surface area contributed by atoms with Gasteiger partial charge in [-0.3, -0.25) is 4.90 Å². The molecule has 0 bridgehead atoms. The molecule has 0 atom stereocenters. The zero-order valence-corrected chi connectivity index (χ0v) is 29.2. The minimum atomic E-state index is -0.191. The summed E-state index contributed by atoms with van der Waals surface area (Å²) in [7, 11) is 0. The molecule has 3 aromatic rings. The molecule has 0 unspecified atom stereocenters. The molecule has 0 aliphatic heterocycles. The third kappa shape index (κ3) is 10.4. The molecule has 230 valence electrons. The predicted octanol–water partition coefficient (Wildman–Crippen LogP) is 8.28. The number of aliphatic hydroxyl groups is 1. The van der Waals surface area contributed by atoms with Crippen LogP contribution in [0.2, 0.25) is 0 Å². The van der Waals surface area contributed by atoms with Crippen molar-refractivity contribution in [3.05, 3.63) is 88.0 Å². The topological polar surface area (TPSA) is 84.2 Å². The molecule has 3 rings (SSSR count). The summed E-state index contributed by atoms with van der Waals surface area (Å²) in [5, 5.41) is 41.6. The van der Waals surface area contributed by atoms with Gasteiger partial charge in [0.1, 0.15) is 17.2 Å². The molecule has 0 saturated heterocycles. The average Bonchev–Trinajstić information content (AvgIpc) is 2.80. The Labute approximate surface area is 269 Å². The molecule has 0 aliphatic rings. The summed E-state index contributed by atoms with van der Waals surface area (Å²) in [6.07, 6.45) is -0.167. The van der Waals surface area contributed by atoms with E-state index < -0.39 is 0 Å². The Morgan fingerprint density at radius 1 is 0.524 bits per heavy atom. The first-order chi connectivity index (χ1) is 18.7. The molecule has 0 aliphatic carbocycles. The van der Waals surface area contributed by atoms with E-state index in [1.807, 2.05) is 54.6 Å². The van der Waals surface area contributed by atoms with Gasteiger partial charge in [0, 0.05) is 64.1 Å². The molecule has 42 heavy (non-hydrogen) atoms. The van der Waals surface area contributed by atoms with Gasteiger partial charge in [0.25, 0.3) is 0 Å². The van der Waals surface area contributed by atoms with Crippen LogP contribution in [0.1, 0.15) is 110 Å². The van der Waals surface area contributed by atoms with Crippen molar-refractivity contribution in [1.82, 2.24) is 4.90 Å². The summed E-state index contributed by atoms with van der Waals surface area (Å²) in [6, 6.07) is 17.7. The van der Waals surface area contributed by atoms with Crippen LogP contribution in [0.25, 0.3) is 0 Å². The first-order valence-corrected chi connectivity index (χ1v) is 14.6. The molecule has 6 heteroatoms. The normalized spacial score (nSPS) is 12.1. The van der Waals surface area contributed by atoms with Crippen LogP contribution in [0.4, 0.5) is 0 Å². The fourth-order valence-corrected chi connectivity index (χ4v) is 4.86. The summed E-state index contributed by atoms with van der Waals surface area (Å²) in [5.41, 5.74) is 4.61. The molecule has 3 aromatic carbocycles. The monoisotopic (exact) mass is 611 g/mol. The minimum absolute atomic E-state index is 0. The molecule has 0 spiro atoms. The van der Waals surface area contributed by atoms with Crippen LogP contribution in [-0.2, 0) is 57.6 Å². The van der Waals surface area contributed by atoms with E-state index in [1.54, 1.807) is 13.8 Å². The Morgan fingerprint density at radius 3 is 0.929 bits per heavy atom. The van der Waals surface area contributed by atoms with E-state index in [1.165, 1.54) is 0 Å². The number of phenolic OH excluding ortho intramolecular Hbond substituents is 3. The number of rotatable bonds is 6. The quantitative estimate of drug-likeness (QED) is 0.211. The van der Waals surface area contributed by atoms with E-state index >= 15 is 0 Å². The zero-order chi connectivity index (χ0) is 31.3. The largest absolute Gasteiger partial charge is 0.507 e. The number of phenols is 3. The number of nitrogens with zero attached hydrogens (tertiary/aromatic N) is 1. The van der Waals surface area contributed by atoms with Crippen LogP contribution in [0.15, 0.2) is 54.6 Å². The van der Waals surface area contributed by atoms with E-state index in [2.05, 4.69) is 67.2 Å². The molecule has 0 radical (unpaired) electrons. The van der Waals surface area contributed by atoms with Crippen molar-refractivity contribution in [3.8, 4) is 17.2 Å². The van der Waals surface area contributed by atoms with Crippen molar-refractivity contribution < 1.29 is 42.1 Å². The molecular formula is C36H53NO4Ti. The van der Waals surface area contributed by atoms with E-state index in [-0.39, 0.29) is 44.1 Å². The van der Waals surface area contributed by atoms with Crippen molar-refractivity contribution in [3.63, 3.8) is 0 Å². The second kappa shape index (κ2) is 14.9. The van der Waals surface area contributed by atoms with Crippen LogP contribution in [0.3, 0.4) is 0 Å². The standard InChI is InChI=1S/C33H45NO3.C3H8O.Ti/c1-31(2,3)25-16-10-13-22(28(25)35)19-34(20-23-14-11-17-26(29(23)36)32(4,5)6)21-24-15-12-18-27(30(24)37)33(7,8)9;1-3(2)4;/h10-18,35-37H,19-21H2,1-9H3;3-4H,1-2H3;. The first-order valence-electron chi connectivity index (χ1n) is 14.6. The van der Waals surface area contributed by atoms with Crippen molar-refractivity contribution in [2.45, 2.75) is 118 Å². The fraction of sp³-hybridized carbons (Fsp3) is 0.500. The number of hydrogen-bond acceptors (Lipinski definition) is 5. The summed E-state index contributed by atoms with van der Waals surface area (Å²) >= 11 is 0. The fourth-order valence-electron chi connectivity index (χ4n) is 4.86. The van der Waals surface area contributed by atoms with Crippen molar-refractivity contribution in [2.24, 2.45) is 0 Å². The second-order valence-electron chi connectivity index (χ2n) is 14.4. The second-order valence-corrected chi connectivity index (χ2v) is 14.4. The molecular weight excluding hydrogens is 558 g/mol. The van der Waals surface area contributed by atoms with Gasteiger partial charge in [-0.1, -0.05) is 117 Å². The van der Waals surface area contributed by atoms with E-state index in [4.69, 9.17) is 5.11 Å². The summed E-state index contributed by atoms with van der Waals surface area (Å²) in [6.45, 7) is 23.7. The Bertz CT molecular complexity index is 1140. The van der Waals surface area contributed by atoms with Gasteiger partial charge in [-0.15, -0.1) is 0 Å². The maximum Gasteiger partial charge on any atom is 0.123 e. The smallest absolute Gasteiger partial charge is 0.123 e. The van der Waals surface area contributed by atoms with Crippen LogP contribution in [0.5, 0.6) is 17.2 Å². The van der Waals surface area contributed by atoms with E-state index in [9.17, 15) is 15.3 Å². The molecule has 0 amide bonds. The Balaban J connectivity index is 0.00000165. The number of aromatic hydroxyl groups is 3. The Hall–Kier alpha value is -2.31. The SMILES string of the molecule is CC(C)(C)c1cccc(CN(Cc2cccc(C(C)(C)C)c2O)Cc2cccc(C(C)(C)C)c2O)c1O.CC(C)O.[Ti]. The third-order valence-electron chi connectivity index (χ3n) is 6.96. The van der Waals surface area contributed by atoms with Crippen LogP contribution < -0.4 is 0 Å². The van der Waals surface area contributed by atoms with Gasteiger partial charge < -0.3 is 20.4 Å². The summed E-state index contributed by atoms with van der Waals surface area (Å²) in [4.78, 5) is 2.17. The first kappa shape index (κ1) is 37.7. The number of hydrogen-bond donors (Lipinski definition) is 4. The maximum atomic E-state index is 11.2. The Morgan fingerprint density at radius 2 is 0.738 bits per heavy atom. The van der Waals surface area contributed by atoms with Crippen LogP contribution in [-0.4, -0.2) is 31.4 Å². The van der Waals surface area contributed by atoms with Crippen molar-refractivity contribution >= 4 is 0 Å².